The zero-order valence-corrected chi connectivity index (χ0v) is 11.2. The van der Waals surface area contributed by atoms with Crippen molar-refractivity contribution in [1.29, 1.82) is 0 Å². The Morgan fingerprint density at radius 1 is 1.33 bits per heavy atom. The monoisotopic (exact) mass is 252 g/mol. The summed E-state index contributed by atoms with van der Waals surface area (Å²) in [6, 6.07) is 6.42. The van der Waals surface area contributed by atoms with E-state index < -0.39 is 0 Å². The van der Waals surface area contributed by atoms with Crippen LogP contribution >= 0.6 is 0 Å². The van der Waals surface area contributed by atoms with Crippen LogP contribution in [0.1, 0.15) is 26.3 Å². The van der Waals surface area contributed by atoms with Crippen molar-refractivity contribution >= 4 is 5.91 Å². The maximum Gasteiger partial charge on any atom is 0.233 e. The Bertz CT molecular complexity index is 399. The highest BCUT2D eigenvalue weighted by Crippen LogP contribution is 2.03. The minimum Gasteiger partial charge on any atom is -0.355 e. The van der Waals surface area contributed by atoms with Gasteiger partial charge in [-0.3, -0.25) is 4.79 Å². The molecule has 0 saturated heterocycles. The fourth-order valence-corrected chi connectivity index (χ4v) is 1.45. The van der Waals surface area contributed by atoms with E-state index in [1.54, 1.807) is 6.07 Å². The third kappa shape index (κ3) is 6.35. The summed E-state index contributed by atoms with van der Waals surface area (Å²) in [5.41, 5.74) is 0.818. The van der Waals surface area contributed by atoms with Gasteiger partial charge in [-0.15, -0.1) is 0 Å². The fraction of sp³-hybridized carbons (Fsp3) is 0.500. The molecule has 0 saturated carbocycles. The van der Waals surface area contributed by atoms with Crippen molar-refractivity contribution in [3.63, 3.8) is 0 Å². The first-order chi connectivity index (χ1) is 8.37. The van der Waals surface area contributed by atoms with E-state index in [1.165, 1.54) is 12.1 Å². The van der Waals surface area contributed by atoms with Crippen LogP contribution in [-0.4, -0.2) is 24.5 Å². The van der Waals surface area contributed by atoms with E-state index in [2.05, 4.69) is 10.6 Å². The van der Waals surface area contributed by atoms with Gasteiger partial charge in [0, 0.05) is 12.1 Å². The van der Waals surface area contributed by atoms with Crippen molar-refractivity contribution in [2.75, 3.05) is 13.1 Å². The van der Waals surface area contributed by atoms with Gasteiger partial charge in [0.15, 0.2) is 0 Å². The first kappa shape index (κ1) is 14.6. The highest BCUT2D eigenvalue weighted by molar-refractivity contribution is 5.78. The van der Waals surface area contributed by atoms with Crippen molar-refractivity contribution in [1.82, 2.24) is 10.6 Å². The van der Waals surface area contributed by atoms with Crippen LogP contribution in [0.25, 0.3) is 0 Å². The number of halogens is 1. The molecular weight excluding hydrogens is 231 g/mol. The number of nitrogens with one attached hydrogen (secondary N) is 2. The molecule has 0 heterocycles. The lowest BCUT2D eigenvalue weighted by Gasteiger charge is -2.20. The smallest absolute Gasteiger partial charge is 0.233 e. The zero-order chi connectivity index (χ0) is 13.6. The molecule has 0 aliphatic rings. The molecule has 0 aliphatic carbocycles. The van der Waals surface area contributed by atoms with Gasteiger partial charge in [0.1, 0.15) is 5.82 Å². The number of hydrogen-bond acceptors (Lipinski definition) is 2. The van der Waals surface area contributed by atoms with Gasteiger partial charge in [-0.1, -0.05) is 12.1 Å². The molecule has 100 valence electrons. The quantitative estimate of drug-likeness (QED) is 0.840. The topological polar surface area (TPSA) is 41.1 Å². The van der Waals surface area contributed by atoms with E-state index in [9.17, 15) is 9.18 Å². The molecule has 0 atom stereocenters. The van der Waals surface area contributed by atoms with Gasteiger partial charge in [0.05, 0.1) is 6.54 Å². The number of hydrogen-bond donors (Lipinski definition) is 2. The van der Waals surface area contributed by atoms with Crippen LogP contribution in [-0.2, 0) is 11.2 Å². The van der Waals surface area contributed by atoms with Gasteiger partial charge in [-0.05, 0) is 44.9 Å². The van der Waals surface area contributed by atoms with Crippen molar-refractivity contribution < 1.29 is 9.18 Å². The average Bonchev–Trinajstić information content (AvgIpc) is 2.25. The first-order valence-corrected chi connectivity index (χ1v) is 6.13. The zero-order valence-electron chi connectivity index (χ0n) is 11.2. The molecule has 3 nitrogen and oxygen atoms in total. The molecular formula is C14H21FN2O. The van der Waals surface area contributed by atoms with Crippen LogP contribution in [0.3, 0.4) is 0 Å². The summed E-state index contributed by atoms with van der Waals surface area (Å²) in [5, 5.41) is 5.91. The van der Waals surface area contributed by atoms with Crippen LogP contribution in [0.15, 0.2) is 24.3 Å². The second-order valence-corrected chi connectivity index (χ2v) is 5.33. The third-order valence-corrected chi connectivity index (χ3v) is 2.40. The van der Waals surface area contributed by atoms with Gasteiger partial charge in [0.25, 0.3) is 0 Å². The predicted octanol–water partition coefficient (Wildman–Crippen LogP) is 1.87. The Morgan fingerprint density at radius 3 is 2.67 bits per heavy atom. The summed E-state index contributed by atoms with van der Waals surface area (Å²) in [7, 11) is 0. The fourth-order valence-electron chi connectivity index (χ4n) is 1.45. The Labute approximate surface area is 108 Å². The first-order valence-electron chi connectivity index (χ1n) is 6.13. The number of rotatable bonds is 5. The molecule has 0 aliphatic heterocycles. The van der Waals surface area contributed by atoms with Gasteiger partial charge in [-0.25, -0.2) is 4.39 Å². The van der Waals surface area contributed by atoms with E-state index in [4.69, 9.17) is 0 Å². The van der Waals surface area contributed by atoms with Gasteiger partial charge < -0.3 is 10.6 Å². The molecule has 18 heavy (non-hydrogen) atoms. The van der Waals surface area contributed by atoms with E-state index >= 15 is 0 Å². The highest BCUT2D eigenvalue weighted by Gasteiger charge is 2.10. The maximum absolute atomic E-state index is 12.9. The summed E-state index contributed by atoms with van der Waals surface area (Å²) >= 11 is 0. The summed E-state index contributed by atoms with van der Waals surface area (Å²) in [6.07, 6.45) is 0.638. The van der Waals surface area contributed by atoms with Crippen molar-refractivity contribution in [2.24, 2.45) is 0 Å². The molecule has 0 spiro atoms. The minimum absolute atomic E-state index is 0.0404. The summed E-state index contributed by atoms with van der Waals surface area (Å²) < 4.78 is 12.9. The van der Waals surface area contributed by atoms with Crippen molar-refractivity contribution in [3.05, 3.63) is 35.6 Å². The van der Waals surface area contributed by atoms with E-state index in [1.807, 2.05) is 26.8 Å². The van der Waals surface area contributed by atoms with E-state index in [-0.39, 0.29) is 17.3 Å². The number of benzene rings is 1. The van der Waals surface area contributed by atoms with Gasteiger partial charge >= 0.3 is 0 Å². The van der Waals surface area contributed by atoms with Gasteiger partial charge in [-0.2, -0.15) is 0 Å². The molecule has 2 N–H and O–H groups in total. The SMILES string of the molecule is CC(C)(C)NCC(=O)NCCc1cccc(F)c1. The van der Waals surface area contributed by atoms with E-state index in [0.717, 1.165) is 5.56 Å². The van der Waals surface area contributed by atoms with Crippen LogP contribution < -0.4 is 10.6 Å². The minimum atomic E-state index is -0.242. The summed E-state index contributed by atoms with van der Waals surface area (Å²) in [6.45, 7) is 6.84. The Morgan fingerprint density at radius 2 is 2.06 bits per heavy atom. The normalized spacial score (nSPS) is 11.3. The molecule has 1 amide bonds. The Kier molecular flexibility index (Phi) is 5.28. The molecule has 1 rings (SSSR count). The predicted molar refractivity (Wildman–Crippen MR) is 70.9 cm³/mol. The van der Waals surface area contributed by atoms with Crippen LogP contribution in [0.4, 0.5) is 4.39 Å². The lowest BCUT2D eigenvalue weighted by molar-refractivity contribution is -0.120. The summed E-state index contributed by atoms with van der Waals surface area (Å²) in [5.74, 6) is -0.283. The second kappa shape index (κ2) is 6.50. The van der Waals surface area contributed by atoms with Crippen LogP contribution in [0, 0.1) is 5.82 Å². The van der Waals surface area contributed by atoms with Crippen LogP contribution in [0.2, 0.25) is 0 Å². The molecule has 0 fully saturated rings. The Balaban J connectivity index is 2.23. The van der Waals surface area contributed by atoms with Crippen molar-refractivity contribution in [2.45, 2.75) is 32.7 Å². The largest absolute Gasteiger partial charge is 0.355 e. The summed E-state index contributed by atoms with van der Waals surface area (Å²) in [4.78, 5) is 11.5. The number of amides is 1. The molecule has 1 aromatic rings. The average molecular weight is 252 g/mol. The standard InChI is InChI=1S/C14H21FN2O/c1-14(2,3)17-10-13(18)16-8-7-11-5-4-6-12(15)9-11/h4-6,9,17H,7-8,10H2,1-3H3,(H,16,18). The van der Waals surface area contributed by atoms with E-state index in [0.29, 0.717) is 19.5 Å². The second-order valence-electron chi connectivity index (χ2n) is 5.33. The Hall–Kier alpha value is -1.42. The highest BCUT2D eigenvalue weighted by atomic mass is 19.1. The maximum atomic E-state index is 12.9. The third-order valence-electron chi connectivity index (χ3n) is 2.40. The van der Waals surface area contributed by atoms with Gasteiger partial charge in [0.2, 0.25) is 5.91 Å². The molecule has 0 aromatic heterocycles. The molecule has 1 aromatic carbocycles. The number of carbonyl (C=O) groups excluding carboxylic acids is 1. The molecule has 0 bridgehead atoms. The molecule has 0 radical (unpaired) electrons. The van der Waals surface area contributed by atoms with Crippen LogP contribution in [0.5, 0.6) is 0 Å². The number of carbonyl (C=O) groups is 1. The molecule has 4 heteroatoms. The lowest BCUT2D eigenvalue weighted by Crippen LogP contribution is -2.43. The van der Waals surface area contributed by atoms with Crippen molar-refractivity contribution in [3.8, 4) is 0 Å². The lowest BCUT2D eigenvalue weighted by atomic mass is 10.1. The molecule has 0 unspecified atom stereocenters.